The second-order valence-electron chi connectivity index (χ2n) is 4.39. The molecule has 0 aromatic carbocycles. The first-order valence-electron chi connectivity index (χ1n) is 5.84. The van der Waals surface area contributed by atoms with E-state index in [0.29, 0.717) is 6.54 Å². The lowest BCUT2D eigenvalue weighted by Gasteiger charge is -2.23. The highest BCUT2D eigenvalue weighted by molar-refractivity contribution is 7.91. The van der Waals surface area contributed by atoms with Gasteiger partial charge in [-0.15, -0.1) is 0 Å². The van der Waals surface area contributed by atoms with E-state index in [2.05, 4.69) is 15.6 Å². The molecule has 2 heterocycles. The fourth-order valence-electron chi connectivity index (χ4n) is 1.90. The molecule has 1 amide bonds. The second-order valence-corrected chi connectivity index (χ2v) is 6.62. The van der Waals surface area contributed by atoms with Gasteiger partial charge in [-0.1, -0.05) is 0 Å². The lowest BCUT2D eigenvalue weighted by Crippen LogP contribution is -2.46. The Bertz CT molecular complexity index is 573. The average Bonchev–Trinajstić information content (AvgIpc) is 2.30. The van der Waals surface area contributed by atoms with Gasteiger partial charge in [-0.05, 0) is 12.1 Å². The Hall–Kier alpha value is -1.67. The molecule has 0 saturated carbocycles. The molecular formula is C11H15N3O4S. The van der Waals surface area contributed by atoms with Gasteiger partial charge in [0.05, 0.1) is 11.5 Å². The van der Waals surface area contributed by atoms with E-state index in [1.54, 1.807) is 6.07 Å². The molecule has 2 rings (SSSR count). The summed E-state index contributed by atoms with van der Waals surface area (Å²) in [5.41, 5.74) is 0. The van der Waals surface area contributed by atoms with E-state index < -0.39 is 15.9 Å². The number of anilines is 1. The summed E-state index contributed by atoms with van der Waals surface area (Å²) >= 11 is 0. The van der Waals surface area contributed by atoms with Gasteiger partial charge in [0.25, 0.3) is 0 Å². The van der Waals surface area contributed by atoms with Crippen molar-refractivity contribution in [2.75, 3.05) is 23.4 Å². The lowest BCUT2D eigenvalue weighted by atomic mass is 10.2. The normalized spacial score (nSPS) is 21.8. The number of hydrogen-bond acceptors (Lipinski definition) is 6. The van der Waals surface area contributed by atoms with Crippen molar-refractivity contribution in [2.24, 2.45) is 0 Å². The zero-order chi connectivity index (χ0) is 13.9. The predicted octanol–water partition coefficient (Wildman–Crippen LogP) is -0.498. The molecular weight excluding hydrogens is 270 g/mol. The first-order chi connectivity index (χ1) is 8.96. The molecule has 1 unspecified atom stereocenters. The Morgan fingerprint density at radius 3 is 3.05 bits per heavy atom. The Balaban J connectivity index is 1.93. The molecule has 0 aliphatic carbocycles. The Kier molecular flexibility index (Phi) is 4.01. The smallest absolute Gasteiger partial charge is 0.227 e. The van der Waals surface area contributed by atoms with Crippen LogP contribution in [0.5, 0.6) is 5.75 Å². The van der Waals surface area contributed by atoms with Gasteiger partial charge in [0.1, 0.15) is 0 Å². The summed E-state index contributed by atoms with van der Waals surface area (Å²) in [5, 5.41) is 14.9. The predicted molar refractivity (Wildman–Crippen MR) is 69.6 cm³/mol. The number of hydrogen-bond donors (Lipinski definition) is 3. The quantitative estimate of drug-likeness (QED) is 0.691. The number of aromatic hydroxyl groups is 1. The third-order valence-corrected chi connectivity index (χ3v) is 4.51. The number of nitrogens with one attached hydrogen (secondary N) is 2. The molecule has 19 heavy (non-hydrogen) atoms. The molecule has 8 heteroatoms. The van der Waals surface area contributed by atoms with Gasteiger partial charge in [-0.25, -0.2) is 13.4 Å². The first kappa shape index (κ1) is 13.8. The zero-order valence-corrected chi connectivity index (χ0v) is 11.0. The van der Waals surface area contributed by atoms with E-state index in [0.717, 1.165) is 0 Å². The van der Waals surface area contributed by atoms with Crippen LogP contribution in [0.15, 0.2) is 18.3 Å². The van der Waals surface area contributed by atoms with Crippen molar-refractivity contribution >= 4 is 21.6 Å². The SMILES string of the molecule is O=C(CC1CS(=O)(=O)CCN1)Nc1ncccc1O. The second kappa shape index (κ2) is 5.54. The molecule has 1 fully saturated rings. The summed E-state index contributed by atoms with van der Waals surface area (Å²) in [7, 11) is -3.07. The molecule has 3 N–H and O–H groups in total. The minimum atomic E-state index is -3.07. The van der Waals surface area contributed by atoms with Crippen LogP contribution in [-0.4, -0.2) is 48.5 Å². The number of pyridine rings is 1. The van der Waals surface area contributed by atoms with E-state index in [9.17, 15) is 18.3 Å². The van der Waals surface area contributed by atoms with Crippen LogP contribution in [0.25, 0.3) is 0 Å². The molecule has 1 saturated heterocycles. The monoisotopic (exact) mass is 285 g/mol. The topological polar surface area (TPSA) is 108 Å². The Morgan fingerprint density at radius 1 is 1.58 bits per heavy atom. The van der Waals surface area contributed by atoms with Gasteiger partial charge in [0, 0.05) is 25.2 Å². The van der Waals surface area contributed by atoms with Crippen molar-refractivity contribution in [3.05, 3.63) is 18.3 Å². The fourth-order valence-corrected chi connectivity index (χ4v) is 3.34. The van der Waals surface area contributed by atoms with Gasteiger partial charge < -0.3 is 15.7 Å². The molecule has 0 spiro atoms. The fraction of sp³-hybridized carbons (Fsp3) is 0.455. The molecule has 0 radical (unpaired) electrons. The number of amides is 1. The highest BCUT2D eigenvalue weighted by Crippen LogP contribution is 2.18. The van der Waals surface area contributed by atoms with Gasteiger partial charge in [-0.2, -0.15) is 0 Å². The summed E-state index contributed by atoms with van der Waals surface area (Å²) in [6, 6.07) is 2.55. The van der Waals surface area contributed by atoms with Crippen LogP contribution in [0, 0.1) is 0 Å². The Labute approximate surface area is 111 Å². The van der Waals surface area contributed by atoms with E-state index in [1.807, 2.05) is 0 Å². The van der Waals surface area contributed by atoms with E-state index >= 15 is 0 Å². The molecule has 1 atom stereocenters. The molecule has 1 aromatic rings. The van der Waals surface area contributed by atoms with E-state index in [4.69, 9.17) is 0 Å². The number of rotatable bonds is 3. The summed E-state index contributed by atoms with van der Waals surface area (Å²) in [6.07, 6.45) is 1.47. The van der Waals surface area contributed by atoms with Crippen LogP contribution in [0.3, 0.4) is 0 Å². The maximum absolute atomic E-state index is 11.7. The van der Waals surface area contributed by atoms with Crippen LogP contribution < -0.4 is 10.6 Å². The highest BCUT2D eigenvalue weighted by Gasteiger charge is 2.26. The third kappa shape index (κ3) is 3.90. The summed E-state index contributed by atoms with van der Waals surface area (Å²) < 4.78 is 22.9. The van der Waals surface area contributed by atoms with E-state index in [1.165, 1.54) is 12.3 Å². The number of carbonyl (C=O) groups excluding carboxylic acids is 1. The van der Waals surface area contributed by atoms with Gasteiger partial charge in [0.2, 0.25) is 5.91 Å². The van der Waals surface area contributed by atoms with Crippen molar-refractivity contribution in [1.82, 2.24) is 10.3 Å². The molecule has 1 aliphatic heterocycles. The van der Waals surface area contributed by atoms with Gasteiger partial charge >= 0.3 is 0 Å². The molecule has 1 aromatic heterocycles. The number of carbonyl (C=O) groups is 1. The summed E-state index contributed by atoms with van der Waals surface area (Å²) in [5.74, 6) is -0.379. The Morgan fingerprint density at radius 2 is 2.37 bits per heavy atom. The number of sulfone groups is 1. The standard InChI is InChI=1S/C11H15N3O4S/c15-9-2-1-3-13-11(9)14-10(16)6-8-7-19(17,18)5-4-12-8/h1-3,8,12,15H,4-7H2,(H,13,14,16). The first-order valence-corrected chi connectivity index (χ1v) is 7.66. The average molecular weight is 285 g/mol. The number of nitrogens with zero attached hydrogens (tertiary/aromatic N) is 1. The molecule has 104 valence electrons. The largest absolute Gasteiger partial charge is 0.504 e. The van der Waals surface area contributed by atoms with Gasteiger partial charge in [-0.3, -0.25) is 4.79 Å². The minimum absolute atomic E-state index is 0.0231. The van der Waals surface area contributed by atoms with Crippen molar-refractivity contribution in [2.45, 2.75) is 12.5 Å². The molecule has 1 aliphatic rings. The number of aromatic nitrogens is 1. The lowest BCUT2D eigenvalue weighted by molar-refractivity contribution is -0.116. The van der Waals surface area contributed by atoms with Crippen LogP contribution in [0.4, 0.5) is 5.82 Å². The van der Waals surface area contributed by atoms with E-state index in [-0.39, 0.29) is 35.4 Å². The van der Waals surface area contributed by atoms with Crippen LogP contribution >= 0.6 is 0 Å². The maximum Gasteiger partial charge on any atom is 0.227 e. The molecule has 7 nitrogen and oxygen atoms in total. The zero-order valence-electron chi connectivity index (χ0n) is 10.2. The van der Waals surface area contributed by atoms with Crippen molar-refractivity contribution in [1.29, 1.82) is 0 Å². The van der Waals surface area contributed by atoms with Crippen LogP contribution in [0.1, 0.15) is 6.42 Å². The highest BCUT2D eigenvalue weighted by atomic mass is 32.2. The third-order valence-electron chi connectivity index (χ3n) is 2.78. The van der Waals surface area contributed by atoms with Crippen molar-refractivity contribution < 1.29 is 18.3 Å². The van der Waals surface area contributed by atoms with Crippen molar-refractivity contribution in [3.8, 4) is 5.75 Å². The van der Waals surface area contributed by atoms with Crippen LogP contribution in [0.2, 0.25) is 0 Å². The maximum atomic E-state index is 11.7. The van der Waals surface area contributed by atoms with Gasteiger partial charge in [0.15, 0.2) is 21.4 Å². The van der Waals surface area contributed by atoms with Crippen molar-refractivity contribution in [3.63, 3.8) is 0 Å². The van der Waals surface area contributed by atoms with Crippen LogP contribution in [-0.2, 0) is 14.6 Å². The summed E-state index contributed by atoms with van der Waals surface area (Å²) in [6.45, 7) is 0.356. The molecule has 0 bridgehead atoms. The minimum Gasteiger partial charge on any atom is -0.504 e. The summed E-state index contributed by atoms with van der Waals surface area (Å²) in [4.78, 5) is 15.6.